The lowest BCUT2D eigenvalue weighted by Gasteiger charge is -2.10. The fraction of sp³-hybridized carbons (Fsp3) is 0.214. The van der Waals surface area contributed by atoms with Gasteiger partial charge in [0, 0.05) is 11.8 Å². The first-order chi connectivity index (χ1) is 8.16. The van der Waals surface area contributed by atoms with E-state index in [9.17, 15) is 4.39 Å². The second-order valence-corrected chi connectivity index (χ2v) is 4.00. The third kappa shape index (κ3) is 2.81. The van der Waals surface area contributed by atoms with Crippen molar-refractivity contribution in [1.82, 2.24) is 4.98 Å². The van der Waals surface area contributed by atoms with Gasteiger partial charge in [0.2, 0.25) is 0 Å². The molecule has 0 saturated carbocycles. The fourth-order valence-corrected chi connectivity index (χ4v) is 1.58. The maximum Gasteiger partial charge on any atom is 0.141 e. The van der Waals surface area contributed by atoms with Crippen molar-refractivity contribution < 1.29 is 9.13 Å². The Morgan fingerprint density at radius 2 is 2.06 bits per heavy atom. The Bertz CT molecular complexity index is 525. The molecule has 0 fully saturated rings. The molecule has 0 aliphatic rings. The van der Waals surface area contributed by atoms with Crippen molar-refractivity contribution in [3.63, 3.8) is 0 Å². The monoisotopic (exact) mass is 231 g/mol. The molecule has 2 aromatic rings. The minimum absolute atomic E-state index is 0.328. The molecule has 0 N–H and O–H groups in total. The Morgan fingerprint density at radius 1 is 1.24 bits per heavy atom. The molecule has 88 valence electrons. The molecule has 0 unspecified atom stereocenters. The van der Waals surface area contributed by atoms with Crippen molar-refractivity contribution in [2.75, 3.05) is 0 Å². The topological polar surface area (TPSA) is 22.1 Å². The summed E-state index contributed by atoms with van der Waals surface area (Å²) in [7, 11) is 0. The maximum atomic E-state index is 12.9. The van der Waals surface area contributed by atoms with Crippen molar-refractivity contribution in [3.8, 4) is 5.75 Å². The minimum atomic E-state index is -0.341. The third-order valence-corrected chi connectivity index (χ3v) is 2.71. The lowest BCUT2D eigenvalue weighted by atomic mass is 10.1. The number of pyridine rings is 1. The molecule has 1 aromatic heterocycles. The smallest absolute Gasteiger partial charge is 0.141 e. The minimum Gasteiger partial charge on any atom is -0.489 e. The van der Waals surface area contributed by atoms with Gasteiger partial charge in [-0.2, -0.15) is 0 Å². The second-order valence-electron chi connectivity index (χ2n) is 4.00. The van der Waals surface area contributed by atoms with Gasteiger partial charge in [-0.15, -0.1) is 0 Å². The van der Waals surface area contributed by atoms with Gasteiger partial charge in [-0.3, -0.25) is 4.98 Å². The van der Waals surface area contributed by atoms with E-state index >= 15 is 0 Å². The van der Waals surface area contributed by atoms with E-state index < -0.39 is 0 Å². The summed E-state index contributed by atoms with van der Waals surface area (Å²) in [6.07, 6.45) is 2.79. The van der Waals surface area contributed by atoms with Crippen LogP contribution in [0.1, 0.15) is 16.7 Å². The van der Waals surface area contributed by atoms with Crippen LogP contribution in [0.5, 0.6) is 5.75 Å². The first kappa shape index (κ1) is 11.6. The van der Waals surface area contributed by atoms with Crippen molar-refractivity contribution in [2.45, 2.75) is 20.5 Å². The molecule has 0 spiro atoms. The molecule has 0 aliphatic heterocycles. The van der Waals surface area contributed by atoms with Gasteiger partial charge >= 0.3 is 0 Å². The number of hydrogen-bond donors (Lipinski definition) is 0. The molecule has 1 aromatic carbocycles. The Labute approximate surface area is 100 Å². The highest BCUT2D eigenvalue weighted by atomic mass is 19.1. The second kappa shape index (κ2) is 4.95. The highest BCUT2D eigenvalue weighted by molar-refractivity contribution is 5.38. The number of hydrogen-bond acceptors (Lipinski definition) is 2. The zero-order valence-electron chi connectivity index (χ0n) is 9.90. The van der Waals surface area contributed by atoms with Crippen LogP contribution in [0.2, 0.25) is 0 Å². The summed E-state index contributed by atoms with van der Waals surface area (Å²) in [5.74, 6) is 0.487. The van der Waals surface area contributed by atoms with Crippen LogP contribution >= 0.6 is 0 Å². The molecule has 17 heavy (non-hydrogen) atoms. The Morgan fingerprint density at radius 3 is 2.82 bits per heavy atom. The summed E-state index contributed by atoms with van der Waals surface area (Å²) in [6.45, 7) is 4.37. The SMILES string of the molecule is Cc1cccc(OCc2cncc(F)c2)c1C. The number of aromatic nitrogens is 1. The summed E-state index contributed by atoms with van der Waals surface area (Å²) in [5.41, 5.74) is 3.02. The molecule has 0 radical (unpaired) electrons. The highest BCUT2D eigenvalue weighted by Gasteiger charge is 2.02. The van der Waals surface area contributed by atoms with Crippen LogP contribution in [0.25, 0.3) is 0 Å². The summed E-state index contributed by atoms with van der Waals surface area (Å²) in [6, 6.07) is 7.32. The molecule has 2 nitrogen and oxygen atoms in total. The molecule has 0 saturated heterocycles. The van der Waals surface area contributed by atoms with E-state index in [0.717, 1.165) is 16.9 Å². The number of aryl methyl sites for hydroxylation is 1. The summed E-state index contributed by atoms with van der Waals surface area (Å²) in [5, 5.41) is 0. The Kier molecular flexibility index (Phi) is 3.38. The van der Waals surface area contributed by atoms with Gasteiger partial charge in [-0.05, 0) is 37.1 Å². The van der Waals surface area contributed by atoms with Crippen LogP contribution in [-0.2, 0) is 6.61 Å². The van der Waals surface area contributed by atoms with E-state index in [1.54, 1.807) is 6.20 Å². The van der Waals surface area contributed by atoms with Gasteiger partial charge in [-0.1, -0.05) is 12.1 Å². The summed E-state index contributed by atoms with van der Waals surface area (Å²) >= 11 is 0. The van der Waals surface area contributed by atoms with E-state index in [0.29, 0.717) is 6.61 Å². The lowest BCUT2D eigenvalue weighted by molar-refractivity contribution is 0.302. The van der Waals surface area contributed by atoms with Gasteiger partial charge in [0.05, 0.1) is 6.20 Å². The molecule has 0 bridgehead atoms. The molecule has 1 heterocycles. The van der Waals surface area contributed by atoms with Crippen LogP contribution in [-0.4, -0.2) is 4.98 Å². The first-order valence-electron chi connectivity index (χ1n) is 5.45. The Hall–Kier alpha value is -1.90. The number of nitrogens with zero attached hydrogens (tertiary/aromatic N) is 1. The standard InChI is InChI=1S/C14H14FNO/c1-10-4-3-5-14(11(10)2)17-9-12-6-13(15)8-16-7-12/h3-8H,9H2,1-2H3. The predicted octanol–water partition coefficient (Wildman–Crippen LogP) is 3.42. The molecular weight excluding hydrogens is 217 g/mol. The van der Waals surface area contributed by atoms with E-state index in [1.807, 2.05) is 32.0 Å². The van der Waals surface area contributed by atoms with Gasteiger partial charge in [0.1, 0.15) is 18.2 Å². The number of ether oxygens (including phenoxy) is 1. The van der Waals surface area contributed by atoms with E-state index in [1.165, 1.54) is 17.8 Å². The van der Waals surface area contributed by atoms with Crippen LogP contribution in [0.4, 0.5) is 4.39 Å². The van der Waals surface area contributed by atoms with Crippen LogP contribution in [0.3, 0.4) is 0 Å². The van der Waals surface area contributed by atoms with Crippen molar-refractivity contribution in [1.29, 1.82) is 0 Å². The number of halogens is 1. The molecular formula is C14H14FNO. The third-order valence-electron chi connectivity index (χ3n) is 2.71. The zero-order valence-corrected chi connectivity index (χ0v) is 9.90. The summed E-state index contributed by atoms with van der Waals surface area (Å²) < 4.78 is 18.6. The normalized spacial score (nSPS) is 10.3. The maximum absolute atomic E-state index is 12.9. The van der Waals surface area contributed by atoms with Gasteiger partial charge in [0.25, 0.3) is 0 Å². The molecule has 0 atom stereocenters. The average Bonchev–Trinajstić information content (AvgIpc) is 2.31. The number of benzene rings is 1. The van der Waals surface area contributed by atoms with Crippen molar-refractivity contribution in [2.24, 2.45) is 0 Å². The predicted molar refractivity (Wildman–Crippen MR) is 64.4 cm³/mol. The van der Waals surface area contributed by atoms with E-state index in [2.05, 4.69) is 4.98 Å². The average molecular weight is 231 g/mol. The van der Waals surface area contributed by atoms with Crippen LogP contribution < -0.4 is 4.74 Å². The van der Waals surface area contributed by atoms with Crippen molar-refractivity contribution >= 4 is 0 Å². The van der Waals surface area contributed by atoms with E-state index in [-0.39, 0.29) is 5.82 Å². The Balaban J connectivity index is 2.10. The van der Waals surface area contributed by atoms with Crippen LogP contribution in [0.15, 0.2) is 36.7 Å². The highest BCUT2D eigenvalue weighted by Crippen LogP contribution is 2.21. The van der Waals surface area contributed by atoms with Gasteiger partial charge in [-0.25, -0.2) is 4.39 Å². The zero-order chi connectivity index (χ0) is 12.3. The van der Waals surface area contributed by atoms with E-state index in [4.69, 9.17) is 4.74 Å². The van der Waals surface area contributed by atoms with Crippen molar-refractivity contribution in [3.05, 3.63) is 59.2 Å². The first-order valence-corrected chi connectivity index (χ1v) is 5.45. The molecule has 0 amide bonds. The lowest BCUT2D eigenvalue weighted by Crippen LogP contribution is -1.99. The molecule has 2 rings (SSSR count). The largest absolute Gasteiger partial charge is 0.489 e. The molecule has 3 heteroatoms. The summed E-state index contributed by atoms with van der Waals surface area (Å²) in [4.78, 5) is 3.78. The van der Waals surface area contributed by atoms with Crippen LogP contribution in [0, 0.1) is 19.7 Å². The van der Waals surface area contributed by atoms with Gasteiger partial charge in [0.15, 0.2) is 0 Å². The van der Waals surface area contributed by atoms with Gasteiger partial charge < -0.3 is 4.74 Å². The number of rotatable bonds is 3. The molecule has 0 aliphatic carbocycles. The fourth-order valence-electron chi connectivity index (χ4n) is 1.58. The quantitative estimate of drug-likeness (QED) is 0.807.